The highest BCUT2D eigenvalue weighted by atomic mass is 16.4. The molecule has 5 nitrogen and oxygen atoms in total. The molecule has 0 radical (unpaired) electrons. The van der Waals surface area contributed by atoms with E-state index in [1.807, 2.05) is 50.3 Å². The summed E-state index contributed by atoms with van der Waals surface area (Å²) in [6.45, 7) is 4.00. The minimum absolute atomic E-state index is 0.0168. The van der Waals surface area contributed by atoms with Crippen LogP contribution >= 0.6 is 0 Å². The minimum Gasteiger partial charge on any atom is -0.478 e. The third-order valence-corrected chi connectivity index (χ3v) is 5.23. The lowest BCUT2D eigenvalue weighted by molar-refractivity contribution is -0.112. The Hall–Kier alpha value is -3.60. The maximum absolute atomic E-state index is 12.7. The molecule has 0 spiro atoms. The Morgan fingerprint density at radius 3 is 2.39 bits per heavy atom. The number of hydrogen-bond donors (Lipinski definition) is 1. The highest BCUT2D eigenvalue weighted by Crippen LogP contribution is 2.37. The van der Waals surface area contributed by atoms with Gasteiger partial charge in [0.1, 0.15) is 0 Å². The van der Waals surface area contributed by atoms with Crippen LogP contribution in [-0.4, -0.2) is 28.6 Å². The van der Waals surface area contributed by atoms with Crippen molar-refractivity contribution in [3.8, 4) is 5.69 Å². The number of anilines is 1. The van der Waals surface area contributed by atoms with Crippen LogP contribution in [0.4, 0.5) is 5.69 Å². The first-order chi connectivity index (χ1) is 13.4. The summed E-state index contributed by atoms with van der Waals surface area (Å²) in [5, 5.41) is 9.09. The van der Waals surface area contributed by atoms with Crippen molar-refractivity contribution in [1.29, 1.82) is 0 Å². The van der Waals surface area contributed by atoms with Crippen molar-refractivity contribution in [2.24, 2.45) is 0 Å². The molecule has 1 aliphatic heterocycles. The number of nitrogens with zero attached hydrogens (tertiary/aromatic N) is 2. The van der Waals surface area contributed by atoms with Crippen molar-refractivity contribution in [2.45, 2.75) is 13.8 Å². The number of aryl methyl sites for hydroxylation is 1. The molecular weight excluding hydrogens is 352 g/mol. The summed E-state index contributed by atoms with van der Waals surface area (Å²) in [4.78, 5) is 25.5. The van der Waals surface area contributed by atoms with E-state index in [2.05, 4.69) is 4.57 Å². The number of fused-ring (bicyclic) bond motifs is 1. The van der Waals surface area contributed by atoms with E-state index in [9.17, 15) is 9.59 Å². The Bertz CT molecular complexity index is 1140. The Morgan fingerprint density at radius 1 is 1.04 bits per heavy atom. The van der Waals surface area contributed by atoms with Crippen LogP contribution < -0.4 is 4.90 Å². The molecule has 0 saturated heterocycles. The number of aromatic nitrogens is 1. The molecule has 0 fully saturated rings. The lowest BCUT2D eigenvalue weighted by atomic mass is 10.0. The van der Waals surface area contributed by atoms with Crippen molar-refractivity contribution >= 4 is 29.2 Å². The quantitative estimate of drug-likeness (QED) is 0.697. The number of carboxylic acid groups (broad SMARTS) is 1. The highest BCUT2D eigenvalue weighted by molar-refractivity contribution is 6.35. The number of para-hydroxylation sites is 1. The van der Waals surface area contributed by atoms with E-state index in [0.29, 0.717) is 5.57 Å². The summed E-state index contributed by atoms with van der Waals surface area (Å²) in [5.74, 6) is -0.961. The Kier molecular flexibility index (Phi) is 4.15. The van der Waals surface area contributed by atoms with Crippen molar-refractivity contribution in [3.63, 3.8) is 0 Å². The van der Waals surface area contributed by atoms with E-state index >= 15 is 0 Å². The molecule has 140 valence electrons. The molecule has 1 aliphatic rings. The average Bonchev–Trinajstić information content (AvgIpc) is 3.10. The standard InChI is InChI=1S/C23H20N2O3/c1-14-12-17(13-20-19-6-4-5-7-21(19)24(3)22(20)26)15(2)25(14)18-10-8-16(9-11-18)23(27)28/h4-13H,1-3H3,(H,27,28)/b20-13+. The average molecular weight is 372 g/mol. The first kappa shape index (κ1) is 17.8. The smallest absolute Gasteiger partial charge is 0.335 e. The minimum atomic E-state index is -0.944. The van der Waals surface area contributed by atoms with Crippen molar-refractivity contribution in [1.82, 2.24) is 4.57 Å². The van der Waals surface area contributed by atoms with Crippen LogP contribution in [0.25, 0.3) is 17.3 Å². The van der Waals surface area contributed by atoms with Crippen LogP contribution in [0.5, 0.6) is 0 Å². The van der Waals surface area contributed by atoms with Gasteiger partial charge in [0.15, 0.2) is 0 Å². The van der Waals surface area contributed by atoms with E-state index in [4.69, 9.17) is 5.11 Å². The number of benzene rings is 2. The molecule has 0 bridgehead atoms. The summed E-state index contributed by atoms with van der Waals surface area (Å²) in [6.07, 6.45) is 1.94. The second kappa shape index (κ2) is 6.53. The number of carbonyl (C=O) groups excluding carboxylic acids is 1. The molecule has 1 aromatic heterocycles. The Labute approximate surface area is 163 Å². The van der Waals surface area contributed by atoms with Gasteiger partial charge in [-0.3, -0.25) is 4.79 Å². The maximum atomic E-state index is 12.7. The van der Waals surface area contributed by atoms with Gasteiger partial charge in [-0.2, -0.15) is 0 Å². The summed E-state index contributed by atoms with van der Waals surface area (Å²) < 4.78 is 2.06. The number of carbonyl (C=O) groups is 2. The lowest BCUT2D eigenvalue weighted by Crippen LogP contribution is -2.20. The third kappa shape index (κ3) is 2.72. The van der Waals surface area contributed by atoms with Gasteiger partial charge in [0.25, 0.3) is 5.91 Å². The molecule has 2 heterocycles. The highest BCUT2D eigenvalue weighted by Gasteiger charge is 2.29. The second-order valence-corrected chi connectivity index (χ2v) is 6.95. The normalized spacial score (nSPS) is 14.6. The Morgan fingerprint density at radius 2 is 1.71 bits per heavy atom. The fraction of sp³-hybridized carbons (Fsp3) is 0.130. The predicted octanol–water partition coefficient (Wildman–Crippen LogP) is 4.31. The molecular formula is C23H20N2O3. The van der Waals surface area contributed by atoms with Gasteiger partial charge in [0, 0.05) is 35.3 Å². The fourth-order valence-electron chi connectivity index (χ4n) is 3.78. The van der Waals surface area contributed by atoms with Crippen LogP contribution in [0.3, 0.4) is 0 Å². The van der Waals surface area contributed by atoms with Crippen LogP contribution in [0.1, 0.15) is 32.9 Å². The Balaban J connectivity index is 1.79. The van der Waals surface area contributed by atoms with E-state index in [-0.39, 0.29) is 11.5 Å². The molecule has 0 aliphatic carbocycles. The number of aromatic carboxylic acids is 1. The number of carboxylic acids is 1. The van der Waals surface area contributed by atoms with Crippen LogP contribution in [-0.2, 0) is 4.79 Å². The van der Waals surface area contributed by atoms with E-state index in [1.54, 1.807) is 36.2 Å². The first-order valence-corrected chi connectivity index (χ1v) is 9.00. The summed E-state index contributed by atoms with van der Waals surface area (Å²) in [6, 6.07) is 16.6. The molecule has 3 aromatic rings. The molecule has 28 heavy (non-hydrogen) atoms. The molecule has 0 atom stereocenters. The van der Waals surface area contributed by atoms with Gasteiger partial charge in [-0.25, -0.2) is 4.79 Å². The SMILES string of the molecule is Cc1cc(/C=C2/C(=O)N(C)c3ccccc32)c(C)n1-c1ccc(C(=O)O)cc1. The van der Waals surface area contributed by atoms with Gasteiger partial charge in [0.05, 0.1) is 11.3 Å². The zero-order chi connectivity index (χ0) is 20.0. The third-order valence-electron chi connectivity index (χ3n) is 5.23. The van der Waals surface area contributed by atoms with Gasteiger partial charge in [-0.15, -0.1) is 0 Å². The molecule has 2 aromatic carbocycles. The van der Waals surface area contributed by atoms with Crippen LogP contribution in [0, 0.1) is 13.8 Å². The number of amides is 1. The van der Waals surface area contributed by atoms with Gasteiger partial charge < -0.3 is 14.6 Å². The van der Waals surface area contributed by atoms with Gasteiger partial charge in [0.2, 0.25) is 0 Å². The van der Waals surface area contributed by atoms with Gasteiger partial charge in [-0.1, -0.05) is 18.2 Å². The maximum Gasteiger partial charge on any atom is 0.335 e. The molecule has 4 rings (SSSR count). The largest absolute Gasteiger partial charge is 0.478 e. The van der Waals surface area contributed by atoms with Crippen molar-refractivity contribution < 1.29 is 14.7 Å². The first-order valence-electron chi connectivity index (χ1n) is 9.00. The lowest BCUT2D eigenvalue weighted by Gasteiger charge is -2.10. The predicted molar refractivity (Wildman–Crippen MR) is 110 cm³/mol. The number of rotatable bonds is 3. The molecule has 0 saturated carbocycles. The monoisotopic (exact) mass is 372 g/mol. The number of hydrogen-bond acceptors (Lipinski definition) is 2. The van der Waals surface area contributed by atoms with E-state index in [0.717, 1.165) is 33.9 Å². The van der Waals surface area contributed by atoms with Crippen LogP contribution in [0.15, 0.2) is 54.6 Å². The summed E-state index contributed by atoms with van der Waals surface area (Å²) >= 11 is 0. The zero-order valence-corrected chi connectivity index (χ0v) is 15.9. The topological polar surface area (TPSA) is 62.5 Å². The van der Waals surface area contributed by atoms with E-state index < -0.39 is 5.97 Å². The summed E-state index contributed by atoms with van der Waals surface area (Å²) in [7, 11) is 1.79. The van der Waals surface area contributed by atoms with Gasteiger partial charge >= 0.3 is 5.97 Å². The van der Waals surface area contributed by atoms with Crippen LogP contribution in [0.2, 0.25) is 0 Å². The van der Waals surface area contributed by atoms with Crippen molar-refractivity contribution in [2.75, 3.05) is 11.9 Å². The number of likely N-dealkylation sites (N-methyl/N-ethyl adjacent to an activating group) is 1. The second-order valence-electron chi connectivity index (χ2n) is 6.95. The van der Waals surface area contributed by atoms with Gasteiger partial charge in [-0.05, 0) is 61.9 Å². The molecule has 0 unspecified atom stereocenters. The molecule has 1 N–H and O–H groups in total. The summed E-state index contributed by atoms with van der Waals surface area (Å²) in [5.41, 5.74) is 6.65. The zero-order valence-electron chi connectivity index (χ0n) is 15.9. The molecule has 1 amide bonds. The fourth-order valence-corrected chi connectivity index (χ4v) is 3.78. The molecule has 5 heteroatoms. The van der Waals surface area contributed by atoms with Crippen molar-refractivity contribution in [3.05, 3.63) is 82.7 Å². The van der Waals surface area contributed by atoms with E-state index in [1.165, 1.54) is 0 Å².